The van der Waals surface area contributed by atoms with Crippen LogP contribution in [-0.2, 0) is 23.7 Å². The average Bonchev–Trinajstić information content (AvgIpc) is 3.26. The molecule has 2 rings (SSSR count). The fourth-order valence-electron chi connectivity index (χ4n) is 8.47. The summed E-state index contributed by atoms with van der Waals surface area (Å²) in [4.78, 5) is 13.1. The summed E-state index contributed by atoms with van der Waals surface area (Å²) in [7, 11) is 0. The quantitative estimate of drug-likeness (QED) is 0.0334. The summed E-state index contributed by atoms with van der Waals surface area (Å²) < 4.78 is 22.7. The maximum atomic E-state index is 13.1. The zero-order valence-electron chi connectivity index (χ0n) is 38.2. The third kappa shape index (κ3) is 23.1. The molecule has 14 heteroatoms. The Kier molecular flexibility index (Phi) is 32.5. The molecule has 1 amide bonds. The fraction of sp³-hybridized carbons (Fsp3) is 0.979. The number of carbonyl (C=O) groups excluding carboxylic acids is 1. The van der Waals surface area contributed by atoms with Crippen molar-refractivity contribution in [3.63, 3.8) is 0 Å². The Morgan fingerprint density at radius 2 is 0.934 bits per heavy atom. The molecule has 0 radical (unpaired) electrons. The van der Waals surface area contributed by atoms with E-state index in [-0.39, 0.29) is 12.5 Å². The van der Waals surface area contributed by atoms with Crippen LogP contribution >= 0.6 is 0 Å². The smallest absolute Gasteiger partial charge is 0.220 e. The van der Waals surface area contributed by atoms with Gasteiger partial charge >= 0.3 is 0 Å². The predicted molar refractivity (Wildman–Crippen MR) is 236 cm³/mol. The third-order valence-corrected chi connectivity index (χ3v) is 12.6. The lowest BCUT2D eigenvalue weighted by molar-refractivity contribution is -0.359. The van der Waals surface area contributed by atoms with E-state index in [0.717, 1.165) is 51.4 Å². The van der Waals surface area contributed by atoms with E-state index in [1.54, 1.807) is 0 Å². The lowest BCUT2D eigenvalue weighted by Gasteiger charge is -2.46. The summed E-state index contributed by atoms with van der Waals surface area (Å²) in [5, 5.41) is 86.7. The predicted octanol–water partition coefficient (Wildman–Crippen LogP) is 5.83. The van der Waals surface area contributed by atoms with Gasteiger partial charge in [0.2, 0.25) is 5.91 Å². The molecule has 2 heterocycles. The van der Waals surface area contributed by atoms with Gasteiger partial charge < -0.3 is 65.1 Å². The average molecular weight is 878 g/mol. The first-order valence-corrected chi connectivity index (χ1v) is 24.8. The Morgan fingerprint density at radius 3 is 1.39 bits per heavy atom. The second-order valence-corrected chi connectivity index (χ2v) is 18.0. The van der Waals surface area contributed by atoms with Crippen molar-refractivity contribution in [3.05, 3.63) is 0 Å². The maximum absolute atomic E-state index is 13.1. The Morgan fingerprint density at radius 1 is 0.525 bits per heavy atom. The van der Waals surface area contributed by atoms with Crippen molar-refractivity contribution in [2.75, 3.05) is 19.8 Å². The number of rotatable bonds is 38. The molecule has 12 unspecified atom stereocenters. The van der Waals surface area contributed by atoms with Gasteiger partial charge in [-0.2, -0.15) is 0 Å². The number of unbranched alkanes of at least 4 members (excludes halogenated alkanes) is 25. The topological polar surface area (TPSA) is 228 Å². The summed E-state index contributed by atoms with van der Waals surface area (Å²) in [5.74, 6) is -0.207. The molecule has 0 saturated carbocycles. The molecule has 0 aromatic rings. The molecule has 2 aliphatic rings. The molecule has 12 atom stereocenters. The van der Waals surface area contributed by atoms with Gasteiger partial charge in [0.05, 0.1) is 32.0 Å². The SMILES string of the molecule is CCCCCCCCCCCCCCCCCCC(O)C(COC1OC(CO)C(OC2OC(CO)C(O)C(O)C2O)C(O)C1O)NC(=O)CCCCCCCCCCCCC. The Labute approximate surface area is 368 Å². The Bertz CT molecular complexity index is 1040. The highest BCUT2D eigenvalue weighted by molar-refractivity contribution is 5.76. The van der Waals surface area contributed by atoms with Crippen LogP contribution in [0.3, 0.4) is 0 Å². The molecule has 2 saturated heterocycles. The molecule has 61 heavy (non-hydrogen) atoms. The maximum Gasteiger partial charge on any atom is 0.220 e. The summed E-state index contributed by atoms with van der Waals surface area (Å²) in [5.41, 5.74) is 0. The zero-order valence-corrected chi connectivity index (χ0v) is 38.2. The van der Waals surface area contributed by atoms with Crippen LogP contribution in [0.1, 0.15) is 200 Å². The second kappa shape index (κ2) is 35.3. The van der Waals surface area contributed by atoms with Crippen LogP contribution in [0.25, 0.3) is 0 Å². The lowest BCUT2D eigenvalue weighted by atomic mass is 9.97. The standard InChI is InChI=1S/C47H91NO13/c1-3-5-7-9-11-13-15-16-17-18-19-21-22-24-26-28-30-36(51)35(48-39(52)31-29-27-25-23-20-14-12-10-8-6-4-2)34-58-46-44(57)42(55)45(38(33-50)60-46)61-47-43(56)41(54)40(53)37(32-49)59-47/h35-38,40-47,49-51,53-57H,3-34H2,1-2H3,(H,48,52). The van der Waals surface area contributed by atoms with Crippen molar-refractivity contribution in [2.45, 2.75) is 274 Å². The zero-order chi connectivity index (χ0) is 44.7. The van der Waals surface area contributed by atoms with Crippen molar-refractivity contribution in [1.29, 1.82) is 0 Å². The van der Waals surface area contributed by atoms with Crippen molar-refractivity contribution in [1.82, 2.24) is 5.32 Å². The van der Waals surface area contributed by atoms with Gasteiger partial charge in [-0.3, -0.25) is 4.79 Å². The van der Waals surface area contributed by atoms with Crippen molar-refractivity contribution >= 4 is 5.91 Å². The minimum atomic E-state index is -1.78. The fourth-order valence-corrected chi connectivity index (χ4v) is 8.47. The van der Waals surface area contributed by atoms with Crippen LogP contribution in [0.2, 0.25) is 0 Å². The molecular formula is C47H91NO13. The highest BCUT2D eigenvalue weighted by Gasteiger charge is 2.51. The lowest BCUT2D eigenvalue weighted by Crippen LogP contribution is -2.65. The Hall–Kier alpha value is -1.01. The molecule has 362 valence electrons. The van der Waals surface area contributed by atoms with Crippen LogP contribution in [-0.4, -0.2) is 140 Å². The van der Waals surface area contributed by atoms with E-state index >= 15 is 0 Å². The molecule has 0 aromatic heterocycles. The van der Waals surface area contributed by atoms with Crippen molar-refractivity contribution in [2.24, 2.45) is 0 Å². The molecule has 0 aliphatic carbocycles. The number of ether oxygens (including phenoxy) is 4. The molecule has 0 spiro atoms. The van der Waals surface area contributed by atoms with Gasteiger partial charge in [0.15, 0.2) is 12.6 Å². The van der Waals surface area contributed by atoms with E-state index in [4.69, 9.17) is 18.9 Å². The molecule has 14 nitrogen and oxygen atoms in total. The molecule has 0 bridgehead atoms. The van der Waals surface area contributed by atoms with Crippen LogP contribution < -0.4 is 5.32 Å². The molecular weight excluding hydrogens is 787 g/mol. The number of aliphatic hydroxyl groups is 8. The van der Waals surface area contributed by atoms with Gasteiger partial charge in [0.1, 0.15) is 48.8 Å². The molecule has 0 aromatic carbocycles. The van der Waals surface area contributed by atoms with Crippen LogP contribution in [0.15, 0.2) is 0 Å². The Balaban J connectivity index is 1.84. The number of amides is 1. The summed E-state index contributed by atoms with van der Waals surface area (Å²) >= 11 is 0. The molecule has 9 N–H and O–H groups in total. The van der Waals surface area contributed by atoms with E-state index in [2.05, 4.69) is 19.2 Å². The van der Waals surface area contributed by atoms with E-state index in [0.29, 0.717) is 12.8 Å². The number of aliphatic hydroxyl groups excluding tert-OH is 8. The number of carbonyl (C=O) groups is 1. The monoisotopic (exact) mass is 878 g/mol. The minimum Gasteiger partial charge on any atom is -0.394 e. The summed E-state index contributed by atoms with van der Waals surface area (Å²) in [6.07, 6.45) is 16.8. The highest BCUT2D eigenvalue weighted by atomic mass is 16.7. The van der Waals surface area contributed by atoms with Crippen LogP contribution in [0.4, 0.5) is 0 Å². The van der Waals surface area contributed by atoms with E-state index in [9.17, 15) is 45.6 Å². The highest BCUT2D eigenvalue weighted by Crippen LogP contribution is 2.30. The third-order valence-electron chi connectivity index (χ3n) is 12.6. The second-order valence-electron chi connectivity index (χ2n) is 18.0. The largest absolute Gasteiger partial charge is 0.394 e. The van der Waals surface area contributed by atoms with Gasteiger partial charge in [0, 0.05) is 6.42 Å². The molecule has 2 fully saturated rings. The van der Waals surface area contributed by atoms with Gasteiger partial charge in [-0.25, -0.2) is 0 Å². The van der Waals surface area contributed by atoms with E-state index in [1.165, 1.54) is 122 Å². The van der Waals surface area contributed by atoms with E-state index in [1.807, 2.05) is 0 Å². The van der Waals surface area contributed by atoms with E-state index < -0.39 is 86.8 Å². The number of hydrogen-bond acceptors (Lipinski definition) is 13. The number of nitrogens with one attached hydrogen (secondary N) is 1. The molecule has 2 aliphatic heterocycles. The van der Waals surface area contributed by atoms with Crippen molar-refractivity contribution < 1.29 is 64.6 Å². The van der Waals surface area contributed by atoms with Crippen molar-refractivity contribution in [3.8, 4) is 0 Å². The first-order chi connectivity index (χ1) is 29.6. The normalized spacial score (nSPS) is 27.9. The first kappa shape index (κ1) is 56.1. The van der Waals surface area contributed by atoms with Crippen LogP contribution in [0.5, 0.6) is 0 Å². The minimum absolute atomic E-state index is 0.207. The summed E-state index contributed by atoms with van der Waals surface area (Å²) in [6, 6.07) is -0.819. The van der Waals surface area contributed by atoms with Gasteiger partial charge in [-0.15, -0.1) is 0 Å². The van der Waals surface area contributed by atoms with Crippen LogP contribution in [0, 0.1) is 0 Å². The van der Waals surface area contributed by atoms with Gasteiger partial charge in [0.25, 0.3) is 0 Å². The first-order valence-electron chi connectivity index (χ1n) is 24.8. The summed E-state index contributed by atoms with van der Waals surface area (Å²) in [6.45, 7) is 2.84. The van der Waals surface area contributed by atoms with Gasteiger partial charge in [-0.1, -0.05) is 181 Å². The van der Waals surface area contributed by atoms with Gasteiger partial charge in [-0.05, 0) is 12.8 Å². The number of hydrogen-bond donors (Lipinski definition) is 9.